The van der Waals surface area contributed by atoms with Gasteiger partial charge in [0.1, 0.15) is 25.0 Å². The molecule has 0 radical (unpaired) electrons. The number of carbonyl (C=O) groups is 4. The zero-order valence-electron chi connectivity index (χ0n) is 33.5. The van der Waals surface area contributed by atoms with Gasteiger partial charge in [0.05, 0.1) is 35.1 Å². The number of unbranched alkanes of at least 4 members (excludes halogenated alkanes) is 1. The molecule has 15 nitrogen and oxygen atoms in total. The topological polar surface area (TPSA) is 227 Å². The van der Waals surface area contributed by atoms with Crippen molar-refractivity contribution in [2.75, 3.05) is 11.9 Å². The number of phenols is 1. The highest BCUT2D eigenvalue weighted by Gasteiger charge is 2.51. The van der Waals surface area contributed by atoms with Gasteiger partial charge in [0, 0.05) is 22.2 Å². The predicted octanol–water partition coefficient (Wildman–Crippen LogP) is 4.83. The highest BCUT2D eigenvalue weighted by molar-refractivity contribution is 5.98. The molecule has 7 rings (SSSR count). The van der Waals surface area contributed by atoms with Gasteiger partial charge in [-0.05, 0) is 98.2 Å². The van der Waals surface area contributed by atoms with Gasteiger partial charge in [-0.25, -0.2) is 14.6 Å². The quantitative estimate of drug-likeness (QED) is 0.0694. The van der Waals surface area contributed by atoms with Gasteiger partial charge in [-0.1, -0.05) is 56.3 Å². The van der Waals surface area contributed by atoms with Crippen molar-refractivity contribution in [2.24, 2.45) is 11.5 Å². The van der Waals surface area contributed by atoms with Crippen molar-refractivity contribution < 1.29 is 38.5 Å². The molecule has 5 aromatic rings. The number of nitrogens with two attached hydrogens (primary N) is 2. The number of rotatable bonds is 15. The monoisotopic (exact) mass is 816 g/mol. The van der Waals surface area contributed by atoms with Gasteiger partial charge in [-0.2, -0.15) is 0 Å². The fourth-order valence-corrected chi connectivity index (χ4v) is 7.94. The first-order chi connectivity index (χ1) is 29.0. The van der Waals surface area contributed by atoms with Crippen LogP contribution in [-0.2, 0) is 66.8 Å². The van der Waals surface area contributed by atoms with Crippen molar-refractivity contribution in [1.82, 2.24) is 14.9 Å². The van der Waals surface area contributed by atoms with Gasteiger partial charge in [-0.3, -0.25) is 14.4 Å². The average molecular weight is 817 g/mol. The maximum Gasteiger partial charge on any atom is 0.510 e. The van der Waals surface area contributed by atoms with E-state index in [0.29, 0.717) is 66.8 Å². The van der Waals surface area contributed by atoms with E-state index in [0.717, 1.165) is 22.1 Å². The van der Waals surface area contributed by atoms with Crippen molar-refractivity contribution >= 4 is 40.5 Å². The number of aromatic hydroxyl groups is 1. The summed E-state index contributed by atoms with van der Waals surface area (Å²) in [6.45, 7) is 3.80. The first-order valence-corrected chi connectivity index (χ1v) is 20.1. The van der Waals surface area contributed by atoms with Crippen molar-refractivity contribution in [1.29, 1.82) is 0 Å². The number of aromatic nitrogens is 2. The summed E-state index contributed by atoms with van der Waals surface area (Å²) in [7, 11) is 0. The summed E-state index contributed by atoms with van der Waals surface area (Å²) in [5, 5.41) is 16.6. The van der Waals surface area contributed by atoms with Gasteiger partial charge in [-0.15, -0.1) is 0 Å². The molecule has 7 N–H and O–H groups in total. The molecule has 0 saturated heterocycles. The van der Waals surface area contributed by atoms with Crippen molar-refractivity contribution in [3.05, 3.63) is 123 Å². The van der Waals surface area contributed by atoms with Crippen LogP contribution in [0.25, 0.3) is 22.3 Å². The molecule has 2 amide bonds. The molecule has 4 heterocycles. The highest BCUT2D eigenvalue weighted by atomic mass is 16.7. The molecule has 0 saturated carbocycles. The molecule has 60 heavy (non-hydrogen) atoms. The Kier molecular flexibility index (Phi) is 12.3. The first-order valence-electron chi connectivity index (χ1n) is 20.1. The molecule has 15 heteroatoms. The van der Waals surface area contributed by atoms with Crippen molar-refractivity contribution in [2.45, 2.75) is 89.8 Å². The number of fused-ring (bicyclic) bond motifs is 5. The van der Waals surface area contributed by atoms with Gasteiger partial charge in [0.15, 0.2) is 0 Å². The maximum atomic E-state index is 14.0. The number of hydrogen-bond donors (Lipinski definition) is 5. The Morgan fingerprint density at radius 1 is 0.967 bits per heavy atom. The lowest BCUT2D eigenvalue weighted by Crippen LogP contribution is -2.50. The summed E-state index contributed by atoms with van der Waals surface area (Å²) in [5.74, 6) is -1.59. The Labute approximate surface area is 346 Å². The van der Waals surface area contributed by atoms with Crippen LogP contribution < -0.4 is 27.7 Å². The van der Waals surface area contributed by atoms with Crippen molar-refractivity contribution in [3.63, 3.8) is 0 Å². The van der Waals surface area contributed by atoms with Crippen LogP contribution >= 0.6 is 0 Å². The number of amides is 2. The van der Waals surface area contributed by atoms with Gasteiger partial charge >= 0.3 is 12.1 Å². The number of phenolic OH excluding ortho intramolecular Hbond substituents is 1. The normalized spacial score (nSPS) is 16.2. The van der Waals surface area contributed by atoms with Crippen LogP contribution in [0.4, 0.5) is 10.5 Å². The molecule has 3 aromatic carbocycles. The predicted molar refractivity (Wildman–Crippen MR) is 223 cm³/mol. The molecule has 1 unspecified atom stereocenters. The van der Waals surface area contributed by atoms with E-state index in [1.165, 1.54) is 0 Å². The van der Waals surface area contributed by atoms with Crippen molar-refractivity contribution in [3.8, 4) is 17.1 Å². The average Bonchev–Trinajstić information content (AvgIpc) is 3.62. The van der Waals surface area contributed by atoms with Crippen LogP contribution in [0.3, 0.4) is 0 Å². The SMILES string of the molecule is CCc1c2c(nc3ccc(O)cc13)-c1cc3c(c(=O)n1C2)COC(=O)C3(CC)OC(=O)OCc1ccc(NC(=O)[C@H](CCCCN)NC(=O)[C@@H](N)Cc2ccccc2)cc1. The number of hydrogen-bond acceptors (Lipinski definition) is 12. The largest absolute Gasteiger partial charge is 0.510 e. The molecule has 2 aromatic heterocycles. The minimum atomic E-state index is -1.96. The fourth-order valence-electron chi connectivity index (χ4n) is 7.94. The number of esters is 1. The molecule has 0 bridgehead atoms. The fraction of sp³-hybridized carbons (Fsp3) is 0.333. The second-order valence-electron chi connectivity index (χ2n) is 15.0. The van der Waals surface area contributed by atoms with E-state index < -0.39 is 41.6 Å². The summed E-state index contributed by atoms with van der Waals surface area (Å²) < 4.78 is 18.3. The number of nitrogens with one attached hydrogen (secondary N) is 2. The maximum absolute atomic E-state index is 14.0. The zero-order valence-corrected chi connectivity index (χ0v) is 33.5. The third-order valence-corrected chi connectivity index (χ3v) is 11.2. The standard InChI is InChI=1S/C45H48N6O9/c1-3-30-31-21-29(52)17-18-36(31)49-39-32(30)23-51-38(39)22-34-33(42(51)55)25-58-43(56)45(34,4-2)60-44(57)59-24-27-13-15-28(16-14-27)48-41(54)37(12-8-9-19-46)50-40(53)35(47)20-26-10-6-5-7-11-26/h5-7,10-11,13-18,21-22,35,37,52H,3-4,8-9,12,19-20,23-25,46-47H2,1-2H3,(H,48,54)(H,50,53)/t35-,37-,45?/m0/s1. The van der Waals surface area contributed by atoms with E-state index in [-0.39, 0.29) is 48.6 Å². The molecule has 2 aliphatic rings. The summed E-state index contributed by atoms with van der Waals surface area (Å²) >= 11 is 0. The van der Waals surface area contributed by atoms with Gasteiger partial charge in [0.2, 0.25) is 17.4 Å². The molecule has 0 aliphatic carbocycles. The Hall–Kier alpha value is -6.58. The van der Waals surface area contributed by atoms with E-state index >= 15 is 0 Å². The van der Waals surface area contributed by atoms with Gasteiger partial charge in [0.25, 0.3) is 5.56 Å². The van der Waals surface area contributed by atoms with Crippen LogP contribution in [0.1, 0.15) is 72.9 Å². The molecular weight excluding hydrogens is 769 g/mol. The lowest BCUT2D eigenvalue weighted by Gasteiger charge is -2.35. The number of aryl methyl sites for hydroxylation is 1. The first kappa shape index (κ1) is 41.6. The number of nitrogens with zero attached hydrogens (tertiary/aromatic N) is 2. The third-order valence-electron chi connectivity index (χ3n) is 11.2. The molecule has 3 atom stereocenters. The number of benzene rings is 3. The van der Waals surface area contributed by atoms with E-state index in [4.69, 9.17) is 30.7 Å². The lowest BCUT2D eigenvalue weighted by molar-refractivity contribution is -0.175. The minimum Gasteiger partial charge on any atom is -0.508 e. The second kappa shape index (κ2) is 17.7. The summed E-state index contributed by atoms with van der Waals surface area (Å²) in [6.07, 6.45) is 1.40. The summed E-state index contributed by atoms with van der Waals surface area (Å²) in [5.41, 5.74) is 15.3. The molecule has 312 valence electrons. The third kappa shape index (κ3) is 8.31. The van der Waals surface area contributed by atoms with Crippen LogP contribution in [0.5, 0.6) is 5.75 Å². The summed E-state index contributed by atoms with van der Waals surface area (Å²) in [6, 6.07) is 20.8. The van der Waals surface area contributed by atoms with E-state index in [1.54, 1.807) is 60.0 Å². The number of cyclic esters (lactones) is 1. The van der Waals surface area contributed by atoms with E-state index in [1.807, 2.05) is 37.3 Å². The van der Waals surface area contributed by atoms with Crippen LogP contribution in [0, 0.1) is 0 Å². The molecule has 2 aliphatic heterocycles. The number of anilines is 1. The number of pyridine rings is 2. The molecule has 0 fully saturated rings. The smallest absolute Gasteiger partial charge is 0.508 e. The Balaban J connectivity index is 1.03. The molecule has 0 spiro atoms. The Morgan fingerprint density at radius 3 is 2.45 bits per heavy atom. The van der Waals surface area contributed by atoms with Crippen LogP contribution in [0.15, 0.2) is 83.7 Å². The number of ether oxygens (including phenoxy) is 3. The second-order valence-corrected chi connectivity index (χ2v) is 15.0. The lowest BCUT2D eigenvalue weighted by atomic mass is 9.85. The number of carbonyl (C=O) groups excluding carboxylic acids is 4. The molecular formula is C45H48N6O9. The Morgan fingerprint density at radius 2 is 1.73 bits per heavy atom. The minimum absolute atomic E-state index is 0.0463. The van der Waals surface area contributed by atoms with E-state index in [9.17, 15) is 29.1 Å². The van der Waals surface area contributed by atoms with Crippen LogP contribution in [-0.4, -0.2) is 57.2 Å². The zero-order chi connectivity index (χ0) is 42.6. The van der Waals surface area contributed by atoms with E-state index in [2.05, 4.69) is 10.6 Å². The summed E-state index contributed by atoms with van der Waals surface area (Å²) in [4.78, 5) is 72.1. The Bertz CT molecular complexity index is 2510. The van der Waals surface area contributed by atoms with Crippen LogP contribution in [0.2, 0.25) is 0 Å². The highest BCUT2D eigenvalue weighted by Crippen LogP contribution is 2.42. The van der Waals surface area contributed by atoms with Gasteiger partial charge < -0.3 is 46.0 Å².